The van der Waals surface area contributed by atoms with Gasteiger partial charge in [0.25, 0.3) is 0 Å². The van der Waals surface area contributed by atoms with E-state index in [0.29, 0.717) is 38.3 Å². The monoisotopic (exact) mass is 396 g/mol. The molecule has 0 radical (unpaired) electrons. The van der Waals surface area contributed by atoms with Crippen LogP contribution in [0.15, 0.2) is 29.2 Å². The lowest BCUT2D eigenvalue weighted by Gasteiger charge is -2.33. The first-order chi connectivity index (χ1) is 12.9. The molecule has 0 aliphatic carbocycles. The fourth-order valence-electron chi connectivity index (χ4n) is 2.95. The molecule has 148 valence electrons. The normalized spacial score (nSPS) is 15.9. The Bertz CT molecular complexity index is 660. The highest BCUT2D eigenvalue weighted by molar-refractivity contribution is 7.99. The Morgan fingerprint density at radius 1 is 1.26 bits per heavy atom. The molecule has 8 heteroatoms. The van der Waals surface area contributed by atoms with Crippen molar-refractivity contribution in [2.45, 2.75) is 37.6 Å². The van der Waals surface area contributed by atoms with Crippen molar-refractivity contribution in [2.75, 3.05) is 25.4 Å². The Morgan fingerprint density at radius 3 is 2.44 bits per heavy atom. The van der Waals surface area contributed by atoms with Crippen molar-refractivity contribution in [1.82, 2.24) is 10.2 Å². The number of esters is 1. The number of ether oxygens (including phenoxy) is 1. The molecule has 1 fully saturated rings. The molecule has 1 N–H and O–H groups in total. The van der Waals surface area contributed by atoms with E-state index in [4.69, 9.17) is 4.74 Å². The number of halogens is 1. The van der Waals surface area contributed by atoms with Crippen LogP contribution in [0.2, 0.25) is 0 Å². The van der Waals surface area contributed by atoms with Gasteiger partial charge in [-0.2, -0.15) is 0 Å². The highest BCUT2D eigenvalue weighted by Gasteiger charge is 2.31. The molecule has 0 aromatic heterocycles. The van der Waals surface area contributed by atoms with Crippen LogP contribution in [0.3, 0.4) is 0 Å². The van der Waals surface area contributed by atoms with Crippen molar-refractivity contribution in [3.8, 4) is 0 Å². The van der Waals surface area contributed by atoms with E-state index < -0.39 is 6.04 Å². The summed E-state index contributed by atoms with van der Waals surface area (Å²) in [5.74, 6) is -0.812. The molecule has 6 nitrogen and oxygen atoms in total. The highest BCUT2D eigenvalue weighted by Crippen LogP contribution is 2.22. The maximum absolute atomic E-state index is 13.0. The Labute approximate surface area is 162 Å². The summed E-state index contributed by atoms with van der Waals surface area (Å²) in [5, 5.41) is 2.70. The van der Waals surface area contributed by atoms with E-state index in [1.807, 2.05) is 0 Å². The molecule has 1 aromatic rings. The van der Waals surface area contributed by atoms with Crippen LogP contribution in [0.1, 0.15) is 26.7 Å². The van der Waals surface area contributed by atoms with Gasteiger partial charge < -0.3 is 15.0 Å². The quantitative estimate of drug-likeness (QED) is 0.565. The number of nitrogens with zero attached hydrogens (tertiary/aromatic N) is 1. The van der Waals surface area contributed by atoms with E-state index in [1.165, 1.54) is 30.8 Å². The first kappa shape index (κ1) is 21.2. The van der Waals surface area contributed by atoms with Crippen LogP contribution in [0.4, 0.5) is 4.39 Å². The van der Waals surface area contributed by atoms with Crippen LogP contribution < -0.4 is 5.32 Å². The number of benzene rings is 1. The van der Waals surface area contributed by atoms with Crippen LogP contribution in [0, 0.1) is 11.7 Å². The summed E-state index contributed by atoms with van der Waals surface area (Å²) in [6, 6.07) is 5.33. The number of rotatable bonds is 7. The predicted octanol–water partition coefficient (Wildman–Crippen LogP) is 2.22. The topological polar surface area (TPSA) is 75.7 Å². The predicted molar refractivity (Wildman–Crippen MR) is 101 cm³/mol. The van der Waals surface area contributed by atoms with E-state index in [-0.39, 0.29) is 29.5 Å². The number of carbonyl (C=O) groups is 3. The fraction of sp³-hybridized carbons (Fsp3) is 0.526. The second-order valence-electron chi connectivity index (χ2n) is 6.37. The first-order valence-electron chi connectivity index (χ1n) is 9.01. The molecule has 2 rings (SSSR count). The van der Waals surface area contributed by atoms with Crippen molar-refractivity contribution in [2.24, 2.45) is 5.92 Å². The zero-order chi connectivity index (χ0) is 19.8. The Balaban J connectivity index is 1.93. The Kier molecular flexibility index (Phi) is 8.09. The van der Waals surface area contributed by atoms with Crippen LogP contribution in [-0.4, -0.2) is 54.2 Å². The van der Waals surface area contributed by atoms with E-state index in [1.54, 1.807) is 24.0 Å². The van der Waals surface area contributed by atoms with Gasteiger partial charge in [0.1, 0.15) is 11.9 Å². The third kappa shape index (κ3) is 6.53. The van der Waals surface area contributed by atoms with Gasteiger partial charge in [0.15, 0.2) is 0 Å². The van der Waals surface area contributed by atoms with Crippen LogP contribution in [0.5, 0.6) is 0 Å². The van der Waals surface area contributed by atoms with Gasteiger partial charge in [-0.15, -0.1) is 11.8 Å². The lowest BCUT2D eigenvalue weighted by Crippen LogP contribution is -2.52. The van der Waals surface area contributed by atoms with Crippen LogP contribution in [0.25, 0.3) is 0 Å². The Hall–Kier alpha value is -2.09. The van der Waals surface area contributed by atoms with Crippen molar-refractivity contribution in [1.29, 1.82) is 0 Å². The van der Waals surface area contributed by atoms with Gasteiger partial charge in [-0.3, -0.25) is 14.4 Å². The van der Waals surface area contributed by atoms with Crippen LogP contribution >= 0.6 is 11.8 Å². The second kappa shape index (κ2) is 10.3. The highest BCUT2D eigenvalue weighted by atomic mass is 32.2. The Morgan fingerprint density at radius 2 is 1.89 bits per heavy atom. The number of hydrogen-bond acceptors (Lipinski definition) is 5. The summed E-state index contributed by atoms with van der Waals surface area (Å²) in [6.07, 6.45) is 1.12. The molecular formula is C19H25FN2O4S. The van der Waals surface area contributed by atoms with E-state index in [0.717, 1.165) is 4.90 Å². The summed E-state index contributed by atoms with van der Waals surface area (Å²) in [5.41, 5.74) is 0. The molecule has 1 aliphatic heterocycles. The molecule has 1 atom stereocenters. The summed E-state index contributed by atoms with van der Waals surface area (Å²) in [4.78, 5) is 38.7. The van der Waals surface area contributed by atoms with Crippen molar-refractivity contribution in [3.63, 3.8) is 0 Å². The zero-order valence-corrected chi connectivity index (χ0v) is 16.4. The van der Waals surface area contributed by atoms with Gasteiger partial charge in [0.05, 0.1) is 12.5 Å². The first-order valence-corrected chi connectivity index (χ1v) is 10.00. The van der Waals surface area contributed by atoms with Gasteiger partial charge in [-0.05, 0) is 44.0 Å². The summed E-state index contributed by atoms with van der Waals surface area (Å²) < 4.78 is 18.0. The third-order valence-electron chi connectivity index (χ3n) is 4.33. The minimum Gasteiger partial charge on any atom is -0.466 e. The molecule has 2 amide bonds. The summed E-state index contributed by atoms with van der Waals surface area (Å²) in [7, 11) is 0. The maximum Gasteiger partial charge on any atom is 0.309 e. The number of piperidine rings is 1. The minimum absolute atomic E-state index is 0.165. The lowest BCUT2D eigenvalue weighted by atomic mass is 9.96. The molecule has 1 unspecified atom stereocenters. The number of nitrogens with one attached hydrogen (secondary N) is 1. The standard InChI is InChI=1S/C19H25FN2O4S/c1-3-26-19(25)14-8-10-22(11-9-14)18(24)17(21-13(2)23)12-27-16-6-4-15(20)5-7-16/h4-7,14,17H,3,8-12H2,1-2H3,(H,21,23). The molecule has 1 aromatic carbocycles. The molecule has 1 aliphatic rings. The fourth-order valence-corrected chi connectivity index (χ4v) is 3.86. The molecule has 0 spiro atoms. The van der Waals surface area contributed by atoms with Gasteiger partial charge in [0.2, 0.25) is 11.8 Å². The number of carbonyl (C=O) groups excluding carboxylic acids is 3. The molecular weight excluding hydrogens is 371 g/mol. The second-order valence-corrected chi connectivity index (χ2v) is 7.46. The van der Waals surface area contributed by atoms with Crippen molar-refractivity contribution in [3.05, 3.63) is 30.1 Å². The average molecular weight is 396 g/mol. The SMILES string of the molecule is CCOC(=O)C1CCN(C(=O)C(CSc2ccc(F)cc2)NC(C)=O)CC1. The van der Waals surface area contributed by atoms with Gasteiger partial charge in [-0.25, -0.2) is 4.39 Å². The third-order valence-corrected chi connectivity index (χ3v) is 5.44. The van der Waals surface area contributed by atoms with E-state index in [2.05, 4.69) is 5.32 Å². The minimum atomic E-state index is -0.670. The van der Waals surface area contributed by atoms with Gasteiger partial charge in [0, 0.05) is 30.7 Å². The summed E-state index contributed by atoms with van der Waals surface area (Å²) in [6.45, 7) is 4.41. The molecule has 1 heterocycles. The number of hydrogen-bond donors (Lipinski definition) is 1. The van der Waals surface area contributed by atoms with E-state index >= 15 is 0 Å². The van der Waals surface area contributed by atoms with E-state index in [9.17, 15) is 18.8 Å². The largest absolute Gasteiger partial charge is 0.466 e. The maximum atomic E-state index is 13.0. The number of thioether (sulfide) groups is 1. The molecule has 0 saturated carbocycles. The molecule has 1 saturated heterocycles. The average Bonchev–Trinajstić information content (AvgIpc) is 2.66. The number of likely N-dealkylation sites (tertiary alicyclic amines) is 1. The zero-order valence-electron chi connectivity index (χ0n) is 15.6. The number of amides is 2. The lowest BCUT2D eigenvalue weighted by molar-refractivity contribution is -0.151. The molecule has 0 bridgehead atoms. The summed E-state index contributed by atoms with van der Waals surface area (Å²) >= 11 is 1.38. The van der Waals surface area contributed by atoms with Gasteiger partial charge >= 0.3 is 5.97 Å². The van der Waals surface area contributed by atoms with Crippen molar-refractivity contribution >= 4 is 29.5 Å². The van der Waals surface area contributed by atoms with Gasteiger partial charge in [-0.1, -0.05) is 0 Å². The molecule has 27 heavy (non-hydrogen) atoms. The smallest absolute Gasteiger partial charge is 0.309 e. The van der Waals surface area contributed by atoms with Crippen molar-refractivity contribution < 1.29 is 23.5 Å². The van der Waals surface area contributed by atoms with Crippen LogP contribution in [-0.2, 0) is 19.1 Å².